The van der Waals surface area contributed by atoms with E-state index in [1.165, 1.54) is 0 Å². The van der Waals surface area contributed by atoms with Crippen LogP contribution in [-0.2, 0) is 4.79 Å². The Balaban J connectivity index is 2.07. The largest absolute Gasteiger partial charge is 0.481 e. The lowest BCUT2D eigenvalue weighted by Gasteiger charge is -2.19. The Morgan fingerprint density at radius 3 is 2.76 bits per heavy atom. The quantitative estimate of drug-likeness (QED) is 0.805. The molecular formula is C15H17N3O3. The van der Waals surface area contributed by atoms with Crippen molar-refractivity contribution in [1.29, 1.82) is 0 Å². The zero-order valence-corrected chi connectivity index (χ0v) is 11.9. The molecule has 0 fully saturated rings. The molecule has 0 radical (unpaired) electrons. The van der Waals surface area contributed by atoms with Gasteiger partial charge in [-0.25, -0.2) is 4.79 Å². The summed E-state index contributed by atoms with van der Waals surface area (Å²) in [4.78, 5) is 26.9. The maximum Gasteiger partial charge on any atom is 0.319 e. The van der Waals surface area contributed by atoms with Crippen LogP contribution in [0.4, 0.5) is 10.5 Å². The molecule has 1 aromatic carbocycles. The number of nitrogens with zero attached hydrogens (tertiary/aromatic N) is 1. The van der Waals surface area contributed by atoms with E-state index in [2.05, 4.69) is 15.6 Å². The molecule has 2 aromatic rings. The number of rotatable bonds is 4. The van der Waals surface area contributed by atoms with Crippen LogP contribution in [0.25, 0.3) is 10.8 Å². The highest BCUT2D eigenvalue weighted by Crippen LogP contribution is 2.22. The van der Waals surface area contributed by atoms with Gasteiger partial charge in [0.05, 0.1) is 11.1 Å². The minimum absolute atomic E-state index is 0.0422. The second kappa shape index (κ2) is 5.78. The fourth-order valence-electron chi connectivity index (χ4n) is 1.77. The molecule has 21 heavy (non-hydrogen) atoms. The molecule has 3 N–H and O–H groups in total. The SMILES string of the molecule is CC(C)(CNC(=O)Nc1cccc2cnccc12)C(=O)O. The first-order valence-electron chi connectivity index (χ1n) is 6.51. The first-order chi connectivity index (χ1) is 9.90. The number of fused-ring (bicyclic) bond motifs is 1. The maximum absolute atomic E-state index is 11.9. The monoisotopic (exact) mass is 287 g/mol. The number of hydrogen-bond acceptors (Lipinski definition) is 3. The number of carboxylic acid groups (broad SMARTS) is 1. The van der Waals surface area contributed by atoms with Gasteiger partial charge < -0.3 is 15.7 Å². The number of carbonyl (C=O) groups excluding carboxylic acids is 1. The standard InChI is InChI=1S/C15H17N3O3/c1-15(2,13(19)20)9-17-14(21)18-12-5-3-4-10-8-16-7-6-11(10)12/h3-8H,9H2,1-2H3,(H,19,20)(H2,17,18,21). The number of aromatic nitrogens is 1. The average molecular weight is 287 g/mol. The maximum atomic E-state index is 11.9. The summed E-state index contributed by atoms with van der Waals surface area (Å²) >= 11 is 0. The molecular weight excluding hydrogens is 270 g/mol. The van der Waals surface area contributed by atoms with E-state index in [-0.39, 0.29) is 6.54 Å². The van der Waals surface area contributed by atoms with E-state index < -0.39 is 17.4 Å². The Hall–Kier alpha value is -2.63. The van der Waals surface area contributed by atoms with E-state index in [1.54, 1.807) is 32.3 Å². The van der Waals surface area contributed by atoms with E-state index in [1.807, 2.05) is 18.2 Å². The molecule has 0 spiro atoms. The van der Waals surface area contributed by atoms with Gasteiger partial charge in [0.2, 0.25) is 0 Å². The zero-order chi connectivity index (χ0) is 15.5. The van der Waals surface area contributed by atoms with Gasteiger partial charge in [0.15, 0.2) is 0 Å². The lowest BCUT2D eigenvalue weighted by atomic mass is 9.94. The average Bonchev–Trinajstić information content (AvgIpc) is 2.45. The van der Waals surface area contributed by atoms with E-state index in [9.17, 15) is 9.59 Å². The van der Waals surface area contributed by atoms with E-state index in [4.69, 9.17) is 5.11 Å². The van der Waals surface area contributed by atoms with Crippen LogP contribution < -0.4 is 10.6 Å². The van der Waals surface area contributed by atoms with Crippen molar-refractivity contribution < 1.29 is 14.7 Å². The molecule has 6 nitrogen and oxygen atoms in total. The fraction of sp³-hybridized carbons (Fsp3) is 0.267. The van der Waals surface area contributed by atoms with Crippen LogP contribution in [0.15, 0.2) is 36.7 Å². The minimum atomic E-state index is -1.01. The topological polar surface area (TPSA) is 91.3 Å². The number of carbonyl (C=O) groups is 2. The molecule has 110 valence electrons. The molecule has 0 saturated heterocycles. The van der Waals surface area contributed by atoms with Gasteiger partial charge >= 0.3 is 12.0 Å². The smallest absolute Gasteiger partial charge is 0.319 e. The molecule has 0 bridgehead atoms. The number of carboxylic acids is 1. The molecule has 0 aliphatic carbocycles. The van der Waals surface area contributed by atoms with Crippen LogP contribution in [0.2, 0.25) is 0 Å². The van der Waals surface area contributed by atoms with Crippen LogP contribution in [-0.4, -0.2) is 28.6 Å². The second-order valence-corrected chi connectivity index (χ2v) is 5.40. The minimum Gasteiger partial charge on any atom is -0.481 e. The Morgan fingerprint density at radius 2 is 2.05 bits per heavy atom. The van der Waals surface area contributed by atoms with Gasteiger partial charge in [-0.2, -0.15) is 0 Å². The third kappa shape index (κ3) is 3.47. The molecule has 2 rings (SSSR count). The highest BCUT2D eigenvalue weighted by molar-refractivity contribution is 6.01. The summed E-state index contributed by atoms with van der Waals surface area (Å²) in [5.41, 5.74) is -0.361. The first kappa shape index (κ1) is 14.8. The number of urea groups is 1. The Labute approximate surface area is 122 Å². The van der Waals surface area contributed by atoms with Crippen molar-refractivity contribution in [3.8, 4) is 0 Å². The molecule has 0 saturated carbocycles. The summed E-state index contributed by atoms with van der Waals surface area (Å²) in [7, 11) is 0. The van der Waals surface area contributed by atoms with Crippen LogP contribution >= 0.6 is 0 Å². The van der Waals surface area contributed by atoms with Crippen molar-refractivity contribution >= 4 is 28.5 Å². The molecule has 0 aliphatic rings. The van der Waals surface area contributed by atoms with E-state index >= 15 is 0 Å². The number of anilines is 1. The predicted octanol–water partition coefficient (Wildman–Crippen LogP) is 2.47. The van der Waals surface area contributed by atoms with Crippen molar-refractivity contribution in [3.63, 3.8) is 0 Å². The summed E-state index contributed by atoms with van der Waals surface area (Å²) in [5.74, 6) is -0.959. The van der Waals surface area contributed by atoms with Gasteiger partial charge in [0, 0.05) is 29.7 Å². The lowest BCUT2D eigenvalue weighted by Crippen LogP contribution is -2.40. The number of pyridine rings is 1. The summed E-state index contributed by atoms with van der Waals surface area (Å²) in [6.45, 7) is 3.15. The lowest BCUT2D eigenvalue weighted by molar-refractivity contribution is -0.146. The Morgan fingerprint density at radius 1 is 1.29 bits per heavy atom. The van der Waals surface area contributed by atoms with Gasteiger partial charge in [-0.15, -0.1) is 0 Å². The number of hydrogen-bond donors (Lipinski definition) is 3. The molecule has 6 heteroatoms. The Kier molecular flexibility index (Phi) is 4.07. The van der Waals surface area contributed by atoms with Crippen molar-refractivity contribution in [1.82, 2.24) is 10.3 Å². The molecule has 1 heterocycles. The molecule has 2 amide bonds. The van der Waals surface area contributed by atoms with Crippen molar-refractivity contribution in [2.24, 2.45) is 5.41 Å². The summed E-state index contributed by atoms with van der Waals surface area (Å²) in [6.07, 6.45) is 3.37. The third-order valence-electron chi connectivity index (χ3n) is 3.20. The normalized spacial score (nSPS) is 11.1. The van der Waals surface area contributed by atoms with Gasteiger partial charge in [0.25, 0.3) is 0 Å². The molecule has 0 aliphatic heterocycles. The number of amides is 2. The van der Waals surface area contributed by atoms with Crippen molar-refractivity contribution in [2.75, 3.05) is 11.9 Å². The summed E-state index contributed by atoms with van der Waals surface area (Å²) < 4.78 is 0. The van der Waals surface area contributed by atoms with Crippen molar-refractivity contribution in [3.05, 3.63) is 36.7 Å². The third-order valence-corrected chi connectivity index (χ3v) is 3.20. The van der Waals surface area contributed by atoms with Crippen LogP contribution in [0.1, 0.15) is 13.8 Å². The predicted molar refractivity (Wildman–Crippen MR) is 80.2 cm³/mol. The molecule has 0 unspecified atom stereocenters. The van der Waals surface area contributed by atoms with Gasteiger partial charge in [-0.1, -0.05) is 12.1 Å². The number of aliphatic carboxylic acids is 1. The Bertz CT molecular complexity index is 677. The van der Waals surface area contributed by atoms with Crippen LogP contribution in [0.5, 0.6) is 0 Å². The van der Waals surface area contributed by atoms with E-state index in [0.717, 1.165) is 10.8 Å². The van der Waals surface area contributed by atoms with Gasteiger partial charge in [-0.3, -0.25) is 9.78 Å². The number of benzene rings is 1. The highest BCUT2D eigenvalue weighted by Gasteiger charge is 2.27. The second-order valence-electron chi connectivity index (χ2n) is 5.40. The number of nitrogens with one attached hydrogen (secondary N) is 2. The van der Waals surface area contributed by atoms with Crippen LogP contribution in [0, 0.1) is 5.41 Å². The fourth-order valence-corrected chi connectivity index (χ4v) is 1.77. The highest BCUT2D eigenvalue weighted by atomic mass is 16.4. The summed E-state index contributed by atoms with van der Waals surface area (Å²) in [6, 6.07) is 6.88. The first-order valence-corrected chi connectivity index (χ1v) is 6.51. The van der Waals surface area contributed by atoms with Crippen molar-refractivity contribution in [2.45, 2.75) is 13.8 Å². The van der Waals surface area contributed by atoms with E-state index in [0.29, 0.717) is 5.69 Å². The molecule has 1 aromatic heterocycles. The summed E-state index contributed by atoms with van der Waals surface area (Å²) in [5, 5.41) is 16.1. The molecule has 0 atom stereocenters. The van der Waals surface area contributed by atoms with Gasteiger partial charge in [-0.05, 0) is 26.0 Å². The zero-order valence-electron chi connectivity index (χ0n) is 11.9. The van der Waals surface area contributed by atoms with Crippen LogP contribution in [0.3, 0.4) is 0 Å². The van der Waals surface area contributed by atoms with Gasteiger partial charge in [0.1, 0.15) is 0 Å².